The summed E-state index contributed by atoms with van der Waals surface area (Å²) in [5.74, 6) is 1.17. The van der Waals surface area contributed by atoms with E-state index in [0.29, 0.717) is 22.9 Å². The van der Waals surface area contributed by atoms with Gasteiger partial charge in [-0.15, -0.1) is 0 Å². The van der Waals surface area contributed by atoms with Gasteiger partial charge in [0.15, 0.2) is 11.6 Å². The van der Waals surface area contributed by atoms with E-state index in [-0.39, 0.29) is 5.78 Å². The largest absolute Gasteiger partial charge is 0.372 e. The first-order valence-electron chi connectivity index (χ1n) is 5.76. The Morgan fingerprint density at radius 3 is 2.39 bits per heavy atom. The molecule has 4 heteroatoms. The third kappa shape index (κ3) is 2.22. The van der Waals surface area contributed by atoms with E-state index in [9.17, 15) is 4.79 Å². The van der Waals surface area contributed by atoms with Crippen molar-refractivity contribution in [2.75, 3.05) is 12.4 Å². The van der Waals surface area contributed by atoms with Crippen LogP contribution in [0, 0.1) is 6.92 Å². The molecule has 0 amide bonds. The first-order chi connectivity index (χ1) is 8.63. The molecule has 92 valence electrons. The molecule has 0 aliphatic rings. The second kappa shape index (κ2) is 4.96. The van der Waals surface area contributed by atoms with Gasteiger partial charge in [0.05, 0.1) is 11.3 Å². The fourth-order valence-corrected chi connectivity index (χ4v) is 1.89. The molecule has 0 saturated heterocycles. The van der Waals surface area contributed by atoms with E-state index in [1.165, 1.54) is 6.92 Å². The highest BCUT2D eigenvalue weighted by molar-refractivity contribution is 5.99. The van der Waals surface area contributed by atoms with E-state index in [1.54, 1.807) is 7.05 Å². The third-order valence-electron chi connectivity index (χ3n) is 2.71. The van der Waals surface area contributed by atoms with Gasteiger partial charge < -0.3 is 5.32 Å². The molecule has 0 aliphatic heterocycles. The van der Waals surface area contributed by atoms with Crippen LogP contribution in [0.5, 0.6) is 0 Å². The minimum absolute atomic E-state index is 0.0311. The summed E-state index contributed by atoms with van der Waals surface area (Å²) in [6, 6.07) is 9.71. The van der Waals surface area contributed by atoms with Gasteiger partial charge in [-0.3, -0.25) is 4.79 Å². The molecule has 0 bridgehead atoms. The van der Waals surface area contributed by atoms with Gasteiger partial charge in [-0.1, -0.05) is 30.3 Å². The number of carbonyl (C=O) groups excluding carboxylic acids is 1. The number of aryl methyl sites for hydroxylation is 1. The molecule has 2 rings (SSSR count). The molecule has 0 fully saturated rings. The van der Waals surface area contributed by atoms with Gasteiger partial charge in [-0.05, 0) is 13.8 Å². The first kappa shape index (κ1) is 12.2. The number of aromatic nitrogens is 2. The number of hydrogen-bond donors (Lipinski definition) is 1. The Hall–Kier alpha value is -2.23. The number of rotatable bonds is 3. The minimum Gasteiger partial charge on any atom is -0.372 e. The van der Waals surface area contributed by atoms with Crippen LogP contribution < -0.4 is 5.32 Å². The first-order valence-corrected chi connectivity index (χ1v) is 5.76. The molecule has 0 aliphatic carbocycles. The summed E-state index contributed by atoms with van der Waals surface area (Å²) < 4.78 is 0. The summed E-state index contributed by atoms with van der Waals surface area (Å²) in [5.41, 5.74) is 2.19. The molecular formula is C14H15N3O. The summed E-state index contributed by atoms with van der Waals surface area (Å²) in [4.78, 5) is 20.4. The van der Waals surface area contributed by atoms with Crippen molar-refractivity contribution in [3.05, 3.63) is 41.6 Å². The van der Waals surface area contributed by atoms with Crippen LogP contribution in [-0.2, 0) is 0 Å². The number of benzene rings is 1. The second-order valence-electron chi connectivity index (χ2n) is 4.03. The molecule has 4 nitrogen and oxygen atoms in total. The summed E-state index contributed by atoms with van der Waals surface area (Å²) in [5, 5.41) is 2.96. The second-order valence-corrected chi connectivity index (χ2v) is 4.03. The smallest absolute Gasteiger partial charge is 0.165 e. The molecule has 0 saturated carbocycles. The van der Waals surface area contributed by atoms with Gasteiger partial charge in [0.2, 0.25) is 0 Å². The zero-order chi connectivity index (χ0) is 13.1. The Bertz CT molecular complexity index is 579. The molecule has 1 aromatic carbocycles. The lowest BCUT2D eigenvalue weighted by Gasteiger charge is -2.10. The monoisotopic (exact) mass is 241 g/mol. The van der Waals surface area contributed by atoms with E-state index < -0.39 is 0 Å². The van der Waals surface area contributed by atoms with Gasteiger partial charge in [-0.2, -0.15) is 0 Å². The number of ketones is 1. The van der Waals surface area contributed by atoms with Gasteiger partial charge in [-0.25, -0.2) is 9.97 Å². The summed E-state index contributed by atoms with van der Waals surface area (Å²) in [7, 11) is 1.75. The van der Waals surface area contributed by atoms with Gasteiger partial charge >= 0.3 is 0 Å². The van der Waals surface area contributed by atoms with E-state index in [1.807, 2.05) is 37.3 Å². The Balaban J connectivity index is 2.60. The predicted octanol–water partition coefficient (Wildman–Crippen LogP) is 2.70. The van der Waals surface area contributed by atoms with Gasteiger partial charge in [0, 0.05) is 12.6 Å². The summed E-state index contributed by atoms with van der Waals surface area (Å²) >= 11 is 0. The van der Waals surface area contributed by atoms with Crippen LogP contribution in [0.4, 0.5) is 5.82 Å². The van der Waals surface area contributed by atoms with Crippen molar-refractivity contribution in [1.29, 1.82) is 0 Å². The maximum atomic E-state index is 11.6. The normalized spacial score (nSPS) is 10.2. The van der Waals surface area contributed by atoms with Crippen molar-refractivity contribution in [2.24, 2.45) is 0 Å². The molecule has 0 radical (unpaired) electrons. The number of Topliss-reactive ketones (excluding diaryl/α,β-unsaturated/α-hetero) is 1. The zero-order valence-electron chi connectivity index (χ0n) is 10.7. The van der Waals surface area contributed by atoms with Gasteiger partial charge in [0.25, 0.3) is 0 Å². The van der Waals surface area contributed by atoms with E-state index in [4.69, 9.17) is 0 Å². The lowest BCUT2D eigenvalue weighted by molar-refractivity contribution is 0.101. The van der Waals surface area contributed by atoms with Crippen molar-refractivity contribution < 1.29 is 4.79 Å². The fraction of sp³-hybridized carbons (Fsp3) is 0.214. The maximum absolute atomic E-state index is 11.6. The van der Waals surface area contributed by atoms with Crippen LogP contribution >= 0.6 is 0 Å². The zero-order valence-corrected chi connectivity index (χ0v) is 10.7. The van der Waals surface area contributed by atoms with Crippen LogP contribution in [0.25, 0.3) is 11.4 Å². The van der Waals surface area contributed by atoms with Crippen molar-refractivity contribution in [1.82, 2.24) is 9.97 Å². The summed E-state index contributed by atoms with van der Waals surface area (Å²) in [6.45, 7) is 3.35. The lowest BCUT2D eigenvalue weighted by atomic mass is 10.1. The van der Waals surface area contributed by atoms with Crippen molar-refractivity contribution in [3.8, 4) is 11.4 Å². The average Bonchev–Trinajstić information content (AvgIpc) is 2.38. The highest BCUT2D eigenvalue weighted by Crippen LogP contribution is 2.22. The van der Waals surface area contributed by atoms with Crippen LogP contribution in [0.15, 0.2) is 30.3 Å². The van der Waals surface area contributed by atoms with E-state index in [0.717, 1.165) is 5.56 Å². The number of anilines is 1. The Morgan fingerprint density at radius 2 is 1.83 bits per heavy atom. The SMILES string of the molecule is CNc1nc(-c2ccccc2)nc(C)c1C(C)=O. The molecule has 0 spiro atoms. The highest BCUT2D eigenvalue weighted by atomic mass is 16.1. The minimum atomic E-state index is -0.0311. The molecule has 18 heavy (non-hydrogen) atoms. The molecule has 2 aromatic rings. The van der Waals surface area contributed by atoms with Crippen LogP contribution in [0.3, 0.4) is 0 Å². The van der Waals surface area contributed by atoms with Crippen molar-refractivity contribution in [3.63, 3.8) is 0 Å². The number of nitrogens with zero attached hydrogens (tertiary/aromatic N) is 2. The molecule has 0 unspecified atom stereocenters. The Morgan fingerprint density at radius 1 is 1.17 bits per heavy atom. The van der Waals surface area contributed by atoms with Crippen molar-refractivity contribution in [2.45, 2.75) is 13.8 Å². The van der Waals surface area contributed by atoms with Crippen LogP contribution in [0.2, 0.25) is 0 Å². The number of hydrogen-bond acceptors (Lipinski definition) is 4. The van der Waals surface area contributed by atoms with Crippen molar-refractivity contribution >= 4 is 11.6 Å². The Kier molecular flexibility index (Phi) is 3.37. The highest BCUT2D eigenvalue weighted by Gasteiger charge is 2.15. The maximum Gasteiger partial charge on any atom is 0.165 e. The quantitative estimate of drug-likeness (QED) is 0.839. The molecule has 1 heterocycles. The standard InChI is InChI=1S/C14H15N3O/c1-9-12(10(2)18)14(15-3)17-13(16-9)11-7-5-4-6-8-11/h4-8H,1-3H3,(H,15,16,17). The number of carbonyl (C=O) groups is 1. The van der Waals surface area contributed by atoms with E-state index in [2.05, 4.69) is 15.3 Å². The van der Waals surface area contributed by atoms with Crippen LogP contribution in [0.1, 0.15) is 23.0 Å². The molecular weight excluding hydrogens is 226 g/mol. The summed E-state index contributed by atoms with van der Waals surface area (Å²) in [6.07, 6.45) is 0. The van der Waals surface area contributed by atoms with Crippen LogP contribution in [-0.4, -0.2) is 22.8 Å². The Labute approximate surface area is 106 Å². The molecule has 1 aromatic heterocycles. The molecule has 0 atom stereocenters. The molecule has 1 N–H and O–H groups in total. The lowest BCUT2D eigenvalue weighted by Crippen LogP contribution is -2.08. The van der Waals surface area contributed by atoms with E-state index >= 15 is 0 Å². The fourth-order valence-electron chi connectivity index (χ4n) is 1.89. The predicted molar refractivity (Wildman–Crippen MR) is 71.8 cm³/mol. The average molecular weight is 241 g/mol. The van der Waals surface area contributed by atoms with Gasteiger partial charge in [0.1, 0.15) is 5.82 Å². The third-order valence-corrected chi connectivity index (χ3v) is 2.71. The number of nitrogens with one attached hydrogen (secondary N) is 1. The topological polar surface area (TPSA) is 54.9 Å².